The fourth-order valence-electron chi connectivity index (χ4n) is 2.59. The number of benzene rings is 2. The van der Waals surface area contributed by atoms with E-state index in [0.29, 0.717) is 17.3 Å². The Hall–Kier alpha value is -3.21. The van der Waals surface area contributed by atoms with Crippen molar-refractivity contribution in [2.45, 2.75) is 20.3 Å². The van der Waals surface area contributed by atoms with E-state index in [9.17, 15) is 4.79 Å². The molecule has 0 aliphatic heterocycles. The molecule has 3 rings (SSSR count). The largest absolute Gasteiger partial charge is 0.370 e. The lowest BCUT2D eigenvalue weighted by Gasteiger charge is -2.09. The number of nitrogens with zero attached hydrogens (tertiary/aromatic N) is 2. The fraction of sp³-hybridized carbons (Fsp3) is 0.190. The average Bonchev–Trinajstić information content (AvgIpc) is 2.64. The summed E-state index contributed by atoms with van der Waals surface area (Å²) in [5, 5.41) is 6.13. The Labute approximate surface area is 153 Å². The number of aryl methyl sites for hydroxylation is 2. The highest BCUT2D eigenvalue weighted by molar-refractivity contribution is 6.03. The molecule has 1 aromatic heterocycles. The van der Waals surface area contributed by atoms with Crippen molar-refractivity contribution in [3.8, 4) is 0 Å². The van der Waals surface area contributed by atoms with Gasteiger partial charge in [0, 0.05) is 18.3 Å². The summed E-state index contributed by atoms with van der Waals surface area (Å²) in [5.41, 5.74) is 3.49. The van der Waals surface area contributed by atoms with E-state index >= 15 is 0 Å². The predicted octanol–water partition coefficient (Wildman–Crippen LogP) is 4.00. The minimum Gasteiger partial charge on any atom is -0.370 e. The molecule has 2 aromatic carbocycles. The molecular formula is C21H22N4O. The van der Waals surface area contributed by atoms with Gasteiger partial charge in [0.1, 0.15) is 17.3 Å². The predicted molar refractivity (Wildman–Crippen MR) is 105 cm³/mol. The molecule has 1 amide bonds. The molecule has 1 heterocycles. The average molecular weight is 346 g/mol. The first-order valence-corrected chi connectivity index (χ1v) is 8.62. The van der Waals surface area contributed by atoms with Gasteiger partial charge in [-0.15, -0.1) is 0 Å². The van der Waals surface area contributed by atoms with Crippen molar-refractivity contribution in [2.75, 3.05) is 17.2 Å². The summed E-state index contributed by atoms with van der Waals surface area (Å²) in [6, 6.07) is 19.6. The zero-order valence-electron chi connectivity index (χ0n) is 15.0. The van der Waals surface area contributed by atoms with Gasteiger partial charge in [0.15, 0.2) is 0 Å². The van der Waals surface area contributed by atoms with Crippen molar-refractivity contribution >= 4 is 17.4 Å². The summed E-state index contributed by atoms with van der Waals surface area (Å²) < 4.78 is 0. The first-order chi connectivity index (χ1) is 12.6. The minimum atomic E-state index is -0.245. The van der Waals surface area contributed by atoms with Gasteiger partial charge >= 0.3 is 0 Å². The van der Waals surface area contributed by atoms with Gasteiger partial charge in [-0.25, -0.2) is 9.97 Å². The van der Waals surface area contributed by atoms with Gasteiger partial charge in [0.05, 0.1) is 0 Å². The second-order valence-corrected chi connectivity index (χ2v) is 6.17. The summed E-state index contributed by atoms with van der Waals surface area (Å²) in [4.78, 5) is 21.1. The molecule has 5 heteroatoms. The number of hydrogen-bond acceptors (Lipinski definition) is 4. The zero-order valence-corrected chi connectivity index (χ0v) is 15.0. The Kier molecular flexibility index (Phi) is 5.59. The van der Waals surface area contributed by atoms with E-state index in [1.54, 1.807) is 13.0 Å². The molecule has 0 saturated carbocycles. The van der Waals surface area contributed by atoms with Crippen molar-refractivity contribution in [2.24, 2.45) is 0 Å². The van der Waals surface area contributed by atoms with Crippen LogP contribution < -0.4 is 10.6 Å². The van der Waals surface area contributed by atoms with Crippen LogP contribution in [0, 0.1) is 13.8 Å². The van der Waals surface area contributed by atoms with E-state index in [1.165, 1.54) is 5.56 Å². The van der Waals surface area contributed by atoms with E-state index in [1.807, 2.05) is 49.4 Å². The maximum atomic E-state index is 12.5. The molecular weight excluding hydrogens is 324 g/mol. The number of rotatable bonds is 6. The Morgan fingerprint density at radius 3 is 2.42 bits per heavy atom. The van der Waals surface area contributed by atoms with Crippen molar-refractivity contribution in [3.05, 3.63) is 83.3 Å². The quantitative estimate of drug-likeness (QED) is 0.708. The summed E-state index contributed by atoms with van der Waals surface area (Å²) in [6.45, 7) is 4.53. The molecule has 0 radical (unpaired) electrons. The van der Waals surface area contributed by atoms with Crippen LogP contribution in [0.2, 0.25) is 0 Å². The molecule has 0 aliphatic rings. The van der Waals surface area contributed by atoms with Crippen LogP contribution in [-0.4, -0.2) is 22.4 Å². The SMILES string of the molecule is Cc1ccc(NC(=O)c2cc(NCCc3ccccc3)nc(C)n2)cc1. The molecule has 2 N–H and O–H groups in total. The molecule has 3 aromatic rings. The normalized spacial score (nSPS) is 10.4. The number of carbonyl (C=O) groups excluding carboxylic acids is 1. The molecule has 26 heavy (non-hydrogen) atoms. The topological polar surface area (TPSA) is 66.9 Å². The van der Waals surface area contributed by atoms with Gasteiger partial charge in [-0.2, -0.15) is 0 Å². The second-order valence-electron chi connectivity index (χ2n) is 6.17. The maximum absolute atomic E-state index is 12.5. The van der Waals surface area contributed by atoms with E-state index in [4.69, 9.17) is 0 Å². The lowest BCUT2D eigenvalue weighted by Crippen LogP contribution is -2.16. The molecule has 132 valence electrons. The first kappa shape index (κ1) is 17.6. The first-order valence-electron chi connectivity index (χ1n) is 8.62. The monoisotopic (exact) mass is 346 g/mol. The van der Waals surface area contributed by atoms with Crippen LogP contribution in [0.15, 0.2) is 60.7 Å². The third-order valence-electron chi connectivity index (χ3n) is 3.94. The Balaban J connectivity index is 1.64. The van der Waals surface area contributed by atoms with Crippen LogP contribution >= 0.6 is 0 Å². The van der Waals surface area contributed by atoms with Gasteiger partial charge in [-0.05, 0) is 38.0 Å². The molecule has 5 nitrogen and oxygen atoms in total. The third-order valence-corrected chi connectivity index (χ3v) is 3.94. The lowest BCUT2D eigenvalue weighted by molar-refractivity contribution is 0.102. The zero-order chi connectivity index (χ0) is 18.4. The van der Waals surface area contributed by atoms with Crippen LogP contribution in [0.4, 0.5) is 11.5 Å². The number of amides is 1. The molecule has 0 saturated heterocycles. The Bertz CT molecular complexity index is 876. The smallest absolute Gasteiger partial charge is 0.274 e. The lowest BCUT2D eigenvalue weighted by atomic mass is 10.1. The Morgan fingerprint density at radius 1 is 0.962 bits per heavy atom. The van der Waals surface area contributed by atoms with Gasteiger partial charge in [0.25, 0.3) is 5.91 Å². The summed E-state index contributed by atoms with van der Waals surface area (Å²) in [7, 11) is 0. The number of hydrogen-bond donors (Lipinski definition) is 2. The van der Waals surface area contributed by atoms with Crippen LogP contribution in [-0.2, 0) is 6.42 Å². The number of anilines is 2. The third kappa shape index (κ3) is 4.89. The van der Waals surface area contributed by atoms with E-state index in [-0.39, 0.29) is 5.91 Å². The van der Waals surface area contributed by atoms with E-state index in [0.717, 1.165) is 24.2 Å². The summed E-state index contributed by atoms with van der Waals surface area (Å²) >= 11 is 0. The van der Waals surface area contributed by atoms with Gasteiger partial charge < -0.3 is 10.6 Å². The highest BCUT2D eigenvalue weighted by atomic mass is 16.1. The standard InChI is InChI=1S/C21H22N4O/c1-15-8-10-18(11-9-15)25-21(26)19-14-20(24-16(2)23-19)22-13-12-17-6-4-3-5-7-17/h3-11,14H,12-13H2,1-2H3,(H,25,26)(H,22,23,24). The van der Waals surface area contributed by atoms with Crippen molar-refractivity contribution in [1.29, 1.82) is 0 Å². The number of aromatic nitrogens is 2. The van der Waals surface area contributed by atoms with Crippen LogP contribution in [0.5, 0.6) is 0 Å². The van der Waals surface area contributed by atoms with Gasteiger partial charge in [-0.1, -0.05) is 48.0 Å². The van der Waals surface area contributed by atoms with E-state index < -0.39 is 0 Å². The van der Waals surface area contributed by atoms with Gasteiger partial charge in [-0.3, -0.25) is 4.79 Å². The van der Waals surface area contributed by atoms with Crippen LogP contribution in [0.25, 0.3) is 0 Å². The minimum absolute atomic E-state index is 0.245. The van der Waals surface area contributed by atoms with Crippen LogP contribution in [0.1, 0.15) is 27.4 Å². The number of carbonyl (C=O) groups is 1. The van der Waals surface area contributed by atoms with Gasteiger partial charge in [0.2, 0.25) is 0 Å². The maximum Gasteiger partial charge on any atom is 0.274 e. The molecule has 0 bridgehead atoms. The Morgan fingerprint density at radius 2 is 1.69 bits per heavy atom. The molecule has 0 fully saturated rings. The van der Waals surface area contributed by atoms with Crippen LogP contribution in [0.3, 0.4) is 0 Å². The highest BCUT2D eigenvalue weighted by Gasteiger charge is 2.11. The summed E-state index contributed by atoms with van der Waals surface area (Å²) in [5.74, 6) is 0.969. The van der Waals surface area contributed by atoms with Crippen molar-refractivity contribution < 1.29 is 4.79 Å². The van der Waals surface area contributed by atoms with Crippen molar-refractivity contribution in [1.82, 2.24) is 9.97 Å². The molecule has 0 atom stereocenters. The summed E-state index contributed by atoms with van der Waals surface area (Å²) in [6.07, 6.45) is 0.884. The molecule has 0 aliphatic carbocycles. The highest BCUT2D eigenvalue weighted by Crippen LogP contribution is 2.12. The van der Waals surface area contributed by atoms with E-state index in [2.05, 4.69) is 32.7 Å². The fourth-order valence-corrected chi connectivity index (χ4v) is 2.59. The molecule has 0 spiro atoms. The molecule has 0 unspecified atom stereocenters. The second kappa shape index (κ2) is 8.25. The van der Waals surface area contributed by atoms with Crippen molar-refractivity contribution in [3.63, 3.8) is 0 Å². The number of nitrogens with one attached hydrogen (secondary N) is 2.